The number of amides is 1. The molecule has 1 atom stereocenters. The molecule has 0 spiro atoms. The number of rotatable bonds is 5. The molecule has 1 aromatic rings. The van der Waals surface area contributed by atoms with Crippen molar-refractivity contribution in [1.82, 2.24) is 0 Å². The lowest BCUT2D eigenvalue weighted by Crippen LogP contribution is -2.45. The maximum Gasteiger partial charge on any atom is 0.253 e. The van der Waals surface area contributed by atoms with Gasteiger partial charge in [-0.1, -0.05) is 6.07 Å². The summed E-state index contributed by atoms with van der Waals surface area (Å²) in [4.78, 5) is 11.3. The molecule has 1 aliphatic carbocycles. The van der Waals surface area contributed by atoms with E-state index < -0.39 is 11.7 Å². The lowest BCUT2D eigenvalue weighted by atomic mass is 9.94. The van der Waals surface area contributed by atoms with Crippen molar-refractivity contribution in [2.45, 2.75) is 25.3 Å². The van der Waals surface area contributed by atoms with Gasteiger partial charge >= 0.3 is 0 Å². The Balaban J connectivity index is 2.33. The monoisotopic (exact) mass is 251 g/mol. The number of benzene rings is 1. The third-order valence-corrected chi connectivity index (χ3v) is 3.58. The first-order valence-electron chi connectivity index (χ1n) is 6.04. The van der Waals surface area contributed by atoms with E-state index in [0.717, 1.165) is 12.8 Å². The van der Waals surface area contributed by atoms with Crippen LogP contribution in [0.4, 0.5) is 10.1 Å². The van der Waals surface area contributed by atoms with Crippen molar-refractivity contribution >= 4 is 11.6 Å². The minimum Gasteiger partial charge on any atom is -0.378 e. The van der Waals surface area contributed by atoms with Crippen LogP contribution in [0.25, 0.3) is 0 Å². The zero-order chi connectivity index (χ0) is 13.3. The molecule has 98 valence electrons. The van der Waals surface area contributed by atoms with Gasteiger partial charge in [-0.3, -0.25) is 4.79 Å². The van der Waals surface area contributed by atoms with Crippen molar-refractivity contribution in [1.29, 1.82) is 0 Å². The average molecular weight is 251 g/mol. The minimum absolute atomic E-state index is 0.0992. The van der Waals surface area contributed by atoms with Crippen LogP contribution in [-0.4, -0.2) is 18.0 Å². The topological polar surface area (TPSA) is 81.1 Å². The first-order chi connectivity index (χ1) is 8.48. The van der Waals surface area contributed by atoms with E-state index in [2.05, 4.69) is 5.32 Å². The second kappa shape index (κ2) is 4.57. The SMILES string of the molecule is CC(CN)(Nc1cccc(F)c1C(N)=O)C1CC1. The van der Waals surface area contributed by atoms with Crippen molar-refractivity contribution in [3.63, 3.8) is 0 Å². The first-order valence-corrected chi connectivity index (χ1v) is 6.04. The van der Waals surface area contributed by atoms with Gasteiger partial charge in [0.2, 0.25) is 0 Å². The van der Waals surface area contributed by atoms with Crippen LogP contribution in [0, 0.1) is 11.7 Å². The highest BCUT2D eigenvalue weighted by molar-refractivity contribution is 5.98. The fourth-order valence-electron chi connectivity index (χ4n) is 2.23. The maximum atomic E-state index is 13.6. The van der Waals surface area contributed by atoms with Crippen LogP contribution < -0.4 is 16.8 Å². The fraction of sp³-hybridized carbons (Fsp3) is 0.462. The molecule has 4 nitrogen and oxygen atoms in total. The Labute approximate surface area is 106 Å². The van der Waals surface area contributed by atoms with Gasteiger partial charge in [0, 0.05) is 12.1 Å². The first kappa shape index (κ1) is 12.8. The standard InChI is InChI=1S/C13H18FN3O/c1-13(7-15,8-5-6-8)17-10-4-2-3-9(14)11(10)12(16)18/h2-4,8,17H,5-7,15H2,1H3,(H2,16,18). The highest BCUT2D eigenvalue weighted by Crippen LogP contribution is 2.41. The third kappa shape index (κ3) is 2.31. The third-order valence-electron chi connectivity index (χ3n) is 3.58. The molecule has 2 rings (SSSR count). The van der Waals surface area contributed by atoms with Gasteiger partial charge in [0.1, 0.15) is 5.82 Å². The largest absolute Gasteiger partial charge is 0.378 e. The molecule has 0 aromatic heterocycles. The number of nitrogens with two attached hydrogens (primary N) is 2. The van der Waals surface area contributed by atoms with Crippen molar-refractivity contribution in [2.75, 3.05) is 11.9 Å². The summed E-state index contributed by atoms with van der Waals surface area (Å²) in [6.45, 7) is 2.41. The minimum atomic E-state index is -0.772. The van der Waals surface area contributed by atoms with Crippen molar-refractivity contribution < 1.29 is 9.18 Å². The van der Waals surface area contributed by atoms with Gasteiger partial charge in [-0.05, 0) is 37.8 Å². The Hall–Kier alpha value is -1.62. The van der Waals surface area contributed by atoms with Crippen molar-refractivity contribution in [3.8, 4) is 0 Å². The van der Waals surface area contributed by atoms with Gasteiger partial charge in [0.25, 0.3) is 5.91 Å². The van der Waals surface area contributed by atoms with E-state index in [1.54, 1.807) is 12.1 Å². The summed E-state index contributed by atoms with van der Waals surface area (Å²) >= 11 is 0. The van der Waals surface area contributed by atoms with Gasteiger partial charge in [0.05, 0.1) is 11.3 Å². The van der Waals surface area contributed by atoms with Crippen LogP contribution in [0.1, 0.15) is 30.1 Å². The molecular weight excluding hydrogens is 233 g/mol. The average Bonchev–Trinajstić information content (AvgIpc) is 3.12. The summed E-state index contributed by atoms with van der Waals surface area (Å²) in [6, 6.07) is 4.43. The van der Waals surface area contributed by atoms with Crippen LogP contribution >= 0.6 is 0 Å². The molecular formula is C13H18FN3O. The number of primary amides is 1. The quantitative estimate of drug-likeness (QED) is 0.741. The van der Waals surface area contributed by atoms with E-state index in [9.17, 15) is 9.18 Å². The summed E-state index contributed by atoms with van der Waals surface area (Å²) in [7, 11) is 0. The Bertz CT molecular complexity index is 473. The van der Waals surface area contributed by atoms with Crippen LogP contribution in [0.3, 0.4) is 0 Å². The summed E-state index contributed by atoms with van der Waals surface area (Å²) in [6.07, 6.45) is 2.20. The van der Waals surface area contributed by atoms with E-state index in [-0.39, 0.29) is 11.1 Å². The second-order valence-electron chi connectivity index (χ2n) is 5.05. The van der Waals surface area contributed by atoms with Crippen molar-refractivity contribution in [2.24, 2.45) is 17.4 Å². The molecule has 0 saturated heterocycles. The van der Waals surface area contributed by atoms with E-state index in [4.69, 9.17) is 11.5 Å². The summed E-state index contributed by atoms with van der Waals surface area (Å²) in [5, 5.41) is 3.19. The zero-order valence-corrected chi connectivity index (χ0v) is 10.4. The molecule has 1 aliphatic rings. The number of hydrogen-bond acceptors (Lipinski definition) is 3. The molecule has 5 heteroatoms. The summed E-state index contributed by atoms with van der Waals surface area (Å²) < 4.78 is 13.6. The number of halogens is 1. The maximum absolute atomic E-state index is 13.6. The van der Waals surface area contributed by atoms with E-state index in [1.165, 1.54) is 6.07 Å². The molecule has 1 saturated carbocycles. The number of nitrogens with one attached hydrogen (secondary N) is 1. The summed E-state index contributed by atoms with van der Waals surface area (Å²) in [5.41, 5.74) is 11.0. The highest BCUT2D eigenvalue weighted by Gasteiger charge is 2.41. The van der Waals surface area contributed by atoms with E-state index in [0.29, 0.717) is 18.2 Å². The van der Waals surface area contributed by atoms with Crippen LogP contribution in [0.5, 0.6) is 0 Å². The van der Waals surface area contributed by atoms with Crippen LogP contribution in [0.2, 0.25) is 0 Å². The van der Waals surface area contributed by atoms with E-state index >= 15 is 0 Å². The normalized spacial score (nSPS) is 18.2. The second-order valence-corrected chi connectivity index (χ2v) is 5.05. The number of carbonyl (C=O) groups is 1. The molecule has 1 aromatic carbocycles. The summed E-state index contributed by atoms with van der Waals surface area (Å²) in [5.74, 6) is -0.917. The Kier molecular flexibility index (Phi) is 3.26. The predicted octanol–water partition coefficient (Wildman–Crippen LogP) is 1.46. The molecule has 1 amide bonds. The molecule has 1 unspecified atom stereocenters. The van der Waals surface area contributed by atoms with Gasteiger partial charge < -0.3 is 16.8 Å². The van der Waals surface area contributed by atoms with Gasteiger partial charge in [-0.25, -0.2) is 4.39 Å². The van der Waals surface area contributed by atoms with Gasteiger partial charge in [0.15, 0.2) is 0 Å². The van der Waals surface area contributed by atoms with E-state index in [1.807, 2.05) is 6.92 Å². The molecule has 5 N–H and O–H groups in total. The molecule has 1 fully saturated rings. The fourth-order valence-corrected chi connectivity index (χ4v) is 2.23. The molecule has 0 radical (unpaired) electrons. The zero-order valence-electron chi connectivity index (χ0n) is 10.4. The van der Waals surface area contributed by atoms with Crippen LogP contribution in [0.15, 0.2) is 18.2 Å². The Morgan fingerprint density at radius 3 is 2.72 bits per heavy atom. The lowest BCUT2D eigenvalue weighted by Gasteiger charge is -2.31. The smallest absolute Gasteiger partial charge is 0.253 e. The van der Waals surface area contributed by atoms with Gasteiger partial charge in [-0.15, -0.1) is 0 Å². The molecule has 0 aliphatic heterocycles. The Morgan fingerprint density at radius 2 is 2.22 bits per heavy atom. The highest BCUT2D eigenvalue weighted by atomic mass is 19.1. The van der Waals surface area contributed by atoms with Crippen molar-refractivity contribution in [3.05, 3.63) is 29.6 Å². The van der Waals surface area contributed by atoms with Crippen LogP contribution in [-0.2, 0) is 0 Å². The molecule has 0 heterocycles. The molecule has 0 bridgehead atoms. The predicted molar refractivity (Wildman–Crippen MR) is 68.7 cm³/mol. The lowest BCUT2D eigenvalue weighted by molar-refractivity contribution is 0.0997. The number of anilines is 1. The Morgan fingerprint density at radius 1 is 1.56 bits per heavy atom. The number of hydrogen-bond donors (Lipinski definition) is 3. The van der Waals surface area contributed by atoms with Gasteiger partial charge in [-0.2, -0.15) is 0 Å². The number of carbonyl (C=O) groups excluding carboxylic acids is 1. The molecule has 18 heavy (non-hydrogen) atoms.